The highest BCUT2D eigenvalue weighted by Crippen LogP contribution is 2.34. The summed E-state index contributed by atoms with van der Waals surface area (Å²) in [4.78, 5) is 99.8. The summed E-state index contributed by atoms with van der Waals surface area (Å²) in [6.45, 7) is 10.5. The van der Waals surface area contributed by atoms with Gasteiger partial charge in [-0.25, -0.2) is 19.2 Å². The molecule has 0 radical (unpaired) electrons. The number of hydrogen-bond acceptors (Lipinski definition) is 16. The van der Waals surface area contributed by atoms with Gasteiger partial charge in [-0.3, -0.25) is 19.2 Å². The van der Waals surface area contributed by atoms with Crippen LogP contribution in [0, 0.1) is 11.8 Å². The van der Waals surface area contributed by atoms with Crippen molar-refractivity contribution in [3.63, 3.8) is 0 Å². The number of ether oxygens (including phenoxy) is 8. The van der Waals surface area contributed by atoms with E-state index in [1.54, 1.807) is 24.3 Å². The molecule has 4 aromatic rings. The summed E-state index contributed by atoms with van der Waals surface area (Å²) in [6, 6.07) is 20.7. The lowest BCUT2D eigenvalue weighted by Crippen LogP contribution is -2.30. The molecule has 0 unspecified atom stereocenters. The van der Waals surface area contributed by atoms with Gasteiger partial charge in [0.2, 0.25) is 0 Å². The second-order valence-corrected chi connectivity index (χ2v) is 15.5. The molecule has 68 heavy (non-hydrogen) atoms. The van der Waals surface area contributed by atoms with E-state index in [0.29, 0.717) is 76.1 Å². The van der Waals surface area contributed by atoms with Crippen LogP contribution in [0.2, 0.25) is 0 Å². The lowest BCUT2D eigenvalue weighted by atomic mass is 9.82. The van der Waals surface area contributed by atoms with Gasteiger partial charge in [-0.05, 0) is 150 Å². The Labute approximate surface area is 393 Å². The molecule has 0 aliphatic heterocycles. The van der Waals surface area contributed by atoms with Crippen LogP contribution >= 0.6 is 0 Å². The van der Waals surface area contributed by atoms with E-state index in [1.165, 1.54) is 74.5 Å². The number of ketones is 2. The van der Waals surface area contributed by atoms with Gasteiger partial charge in [0.1, 0.15) is 34.5 Å². The van der Waals surface area contributed by atoms with Crippen LogP contribution in [0.5, 0.6) is 34.5 Å². The molecule has 0 atom stereocenters. The fourth-order valence-electron chi connectivity index (χ4n) is 6.78. The molecule has 0 saturated heterocycles. The number of carbonyl (C=O) groups is 8. The van der Waals surface area contributed by atoms with E-state index in [4.69, 9.17) is 37.9 Å². The average Bonchev–Trinajstić information content (AvgIpc) is 3.34. The van der Waals surface area contributed by atoms with E-state index in [0.717, 1.165) is 12.2 Å². The highest BCUT2D eigenvalue weighted by Gasteiger charge is 2.33. The van der Waals surface area contributed by atoms with Gasteiger partial charge in [0.25, 0.3) is 0 Å². The van der Waals surface area contributed by atoms with Crippen LogP contribution in [0.1, 0.15) is 107 Å². The first-order valence-electron chi connectivity index (χ1n) is 22.0. The Hall–Kier alpha value is -7.88. The zero-order valence-electron chi connectivity index (χ0n) is 37.8. The van der Waals surface area contributed by atoms with Crippen LogP contribution in [0.25, 0.3) is 0 Å². The zero-order chi connectivity index (χ0) is 49.0. The summed E-state index contributed by atoms with van der Waals surface area (Å²) in [5.41, 5.74) is 0.470. The highest BCUT2D eigenvalue weighted by molar-refractivity contribution is 6.00. The quantitative estimate of drug-likeness (QED) is 0.0212. The van der Waals surface area contributed by atoms with Gasteiger partial charge in [-0.1, -0.05) is 13.2 Å². The SMILES string of the molecule is C=CC(=O)OCCCCOc1ccc(C(=O)Oc2ccc(OC(=O)C3CCC(C(=O)Oc4ccc(OC(=O)c5ccc(OCCCCOC(=O)C=C)cc5)c(C(C)=O)c4)CC3)cc2C(C)=O)cc1. The number of rotatable bonds is 24. The Kier molecular flexibility index (Phi) is 19.3. The van der Waals surface area contributed by atoms with Gasteiger partial charge in [0, 0.05) is 12.2 Å². The molecule has 1 aliphatic carbocycles. The molecule has 0 bridgehead atoms. The normalized spacial score (nSPS) is 14.0. The van der Waals surface area contributed by atoms with Crippen molar-refractivity contribution >= 4 is 47.4 Å². The number of Topliss-reactive ketones (excluding diaryl/α,β-unsaturated/α-hetero) is 2. The van der Waals surface area contributed by atoms with Crippen molar-refractivity contribution in [2.75, 3.05) is 26.4 Å². The summed E-state index contributed by atoms with van der Waals surface area (Å²) in [5.74, 6) is -4.28. The Balaban J connectivity index is 1.06. The zero-order valence-corrected chi connectivity index (χ0v) is 37.8. The third-order valence-electron chi connectivity index (χ3n) is 10.5. The third kappa shape index (κ3) is 15.6. The fourth-order valence-corrected chi connectivity index (χ4v) is 6.78. The maximum atomic E-state index is 13.2. The highest BCUT2D eigenvalue weighted by atomic mass is 16.6. The molecule has 1 saturated carbocycles. The Bertz CT molecular complexity index is 2310. The maximum absolute atomic E-state index is 13.2. The molecular weight excluding hydrogens is 881 g/mol. The average molecular weight is 933 g/mol. The Morgan fingerprint density at radius 3 is 1.15 bits per heavy atom. The molecule has 1 aliphatic rings. The summed E-state index contributed by atoms with van der Waals surface area (Å²) in [6.07, 6.45) is 5.96. The predicted octanol–water partition coefficient (Wildman–Crippen LogP) is 8.62. The second-order valence-electron chi connectivity index (χ2n) is 15.5. The van der Waals surface area contributed by atoms with Gasteiger partial charge in [-0.2, -0.15) is 0 Å². The molecule has 4 aromatic carbocycles. The van der Waals surface area contributed by atoms with Crippen molar-refractivity contribution in [2.24, 2.45) is 11.8 Å². The number of unbranched alkanes of at least 4 members (excludes halogenated alkanes) is 2. The molecule has 16 nitrogen and oxygen atoms in total. The van der Waals surface area contributed by atoms with Gasteiger partial charge in [0.05, 0.1) is 60.5 Å². The minimum Gasteiger partial charge on any atom is -0.494 e. The summed E-state index contributed by atoms with van der Waals surface area (Å²) in [5, 5.41) is 0. The molecule has 16 heteroatoms. The molecule has 0 spiro atoms. The molecular formula is C52H52O16. The van der Waals surface area contributed by atoms with Crippen LogP contribution in [-0.2, 0) is 28.7 Å². The van der Waals surface area contributed by atoms with E-state index in [1.807, 2.05) is 0 Å². The van der Waals surface area contributed by atoms with Crippen molar-refractivity contribution < 1.29 is 76.3 Å². The number of carbonyl (C=O) groups excluding carboxylic acids is 8. The largest absolute Gasteiger partial charge is 0.494 e. The van der Waals surface area contributed by atoms with E-state index in [-0.39, 0.29) is 58.5 Å². The molecule has 0 amide bonds. The van der Waals surface area contributed by atoms with Crippen LogP contribution in [0.15, 0.2) is 110 Å². The molecule has 0 N–H and O–H groups in total. The molecule has 356 valence electrons. The molecule has 0 heterocycles. The lowest BCUT2D eigenvalue weighted by molar-refractivity contribution is -0.145. The standard InChI is InChI=1S/C52H52O16/c1-5-47(55)63-29-9-7-27-61-39-19-15-37(16-20-39)51(59)67-45-25-23-41(31-43(45)33(3)53)65-49(57)35-11-13-36(14-12-35)50(58)66-42-24-26-46(44(32-42)34(4)54)68-52(60)38-17-21-40(22-18-38)62-28-8-10-30-64-48(56)6-2/h5-6,15-26,31-32,35-36H,1-2,7-14,27-30H2,3-4H3. The Morgan fingerprint density at radius 2 is 0.809 bits per heavy atom. The van der Waals surface area contributed by atoms with Crippen LogP contribution in [0.3, 0.4) is 0 Å². The first kappa shape index (κ1) is 51.1. The lowest BCUT2D eigenvalue weighted by Gasteiger charge is -2.26. The van der Waals surface area contributed by atoms with Crippen LogP contribution in [0.4, 0.5) is 0 Å². The van der Waals surface area contributed by atoms with Gasteiger partial charge < -0.3 is 37.9 Å². The summed E-state index contributed by atoms with van der Waals surface area (Å²) >= 11 is 0. The van der Waals surface area contributed by atoms with E-state index >= 15 is 0 Å². The van der Waals surface area contributed by atoms with E-state index < -0.39 is 59.2 Å². The first-order valence-corrected chi connectivity index (χ1v) is 22.0. The molecule has 5 rings (SSSR count). The number of hydrogen-bond donors (Lipinski definition) is 0. The predicted molar refractivity (Wildman–Crippen MR) is 244 cm³/mol. The van der Waals surface area contributed by atoms with Gasteiger partial charge >= 0.3 is 35.8 Å². The Morgan fingerprint density at radius 1 is 0.471 bits per heavy atom. The second kappa shape index (κ2) is 25.7. The maximum Gasteiger partial charge on any atom is 0.343 e. The minimum absolute atomic E-state index is 0.0191. The van der Waals surface area contributed by atoms with Crippen molar-refractivity contribution in [3.8, 4) is 34.5 Å². The van der Waals surface area contributed by atoms with Crippen LogP contribution < -0.4 is 28.4 Å². The number of benzene rings is 4. The van der Waals surface area contributed by atoms with E-state index in [9.17, 15) is 38.4 Å². The van der Waals surface area contributed by atoms with Crippen molar-refractivity contribution in [1.82, 2.24) is 0 Å². The van der Waals surface area contributed by atoms with Gasteiger partial charge in [0.15, 0.2) is 11.6 Å². The monoisotopic (exact) mass is 932 g/mol. The molecule has 0 aromatic heterocycles. The van der Waals surface area contributed by atoms with Gasteiger partial charge in [-0.15, -0.1) is 0 Å². The first-order chi connectivity index (χ1) is 32.7. The molecule has 1 fully saturated rings. The minimum atomic E-state index is -0.720. The topological polar surface area (TPSA) is 210 Å². The van der Waals surface area contributed by atoms with Crippen molar-refractivity contribution in [1.29, 1.82) is 0 Å². The third-order valence-corrected chi connectivity index (χ3v) is 10.5. The fraction of sp³-hybridized carbons (Fsp3) is 0.308. The van der Waals surface area contributed by atoms with Crippen molar-refractivity contribution in [2.45, 2.75) is 65.2 Å². The van der Waals surface area contributed by atoms with E-state index in [2.05, 4.69) is 13.2 Å². The number of esters is 6. The summed E-state index contributed by atoms with van der Waals surface area (Å²) in [7, 11) is 0. The van der Waals surface area contributed by atoms with Crippen LogP contribution in [-0.4, -0.2) is 73.8 Å². The smallest absolute Gasteiger partial charge is 0.343 e. The van der Waals surface area contributed by atoms with Crippen molar-refractivity contribution in [3.05, 3.63) is 132 Å². The summed E-state index contributed by atoms with van der Waals surface area (Å²) < 4.78 is 43.5.